The molecule has 0 bridgehead atoms. The largest absolute Gasteiger partial charge is 0.379 e. The fraction of sp³-hybridized carbons (Fsp3) is 0.556. The minimum atomic E-state index is -3.63. The molecular weight excluding hydrogens is 244 g/mol. The summed E-state index contributed by atoms with van der Waals surface area (Å²) < 4.78 is 31.8. The van der Waals surface area contributed by atoms with E-state index in [1.54, 1.807) is 6.92 Å². The predicted octanol–water partition coefficient (Wildman–Crippen LogP) is -0.484. The molecule has 1 aromatic heterocycles. The molecule has 3 N–H and O–H groups in total. The standard InChI is InChI=1S/C9H14N4O3S/c1-9(2-3-16-6-9)13-17(14,15)7-4-11-8(10)12-5-7/h4-5,13H,2-3,6H2,1H3,(H2,10,11,12). The Balaban J connectivity index is 2.22. The zero-order chi connectivity index (χ0) is 12.5. The van der Waals surface area contributed by atoms with E-state index in [2.05, 4.69) is 14.7 Å². The molecule has 1 saturated heterocycles. The van der Waals surface area contributed by atoms with Crippen molar-refractivity contribution in [2.75, 3.05) is 18.9 Å². The van der Waals surface area contributed by atoms with E-state index in [-0.39, 0.29) is 10.8 Å². The summed E-state index contributed by atoms with van der Waals surface area (Å²) in [6.07, 6.45) is 3.01. The molecule has 0 amide bonds. The molecule has 1 atom stereocenters. The highest BCUT2D eigenvalue weighted by Gasteiger charge is 2.34. The Labute approximate surface area is 99.5 Å². The van der Waals surface area contributed by atoms with Crippen molar-refractivity contribution in [3.63, 3.8) is 0 Å². The summed E-state index contributed by atoms with van der Waals surface area (Å²) in [7, 11) is -3.63. The van der Waals surface area contributed by atoms with Gasteiger partial charge in [0.15, 0.2) is 0 Å². The van der Waals surface area contributed by atoms with Crippen LogP contribution in [0.3, 0.4) is 0 Å². The van der Waals surface area contributed by atoms with Gasteiger partial charge in [-0.25, -0.2) is 23.1 Å². The van der Waals surface area contributed by atoms with Gasteiger partial charge in [-0.3, -0.25) is 0 Å². The minimum absolute atomic E-state index is 0.000162. The van der Waals surface area contributed by atoms with Gasteiger partial charge in [0.25, 0.3) is 0 Å². The van der Waals surface area contributed by atoms with E-state index < -0.39 is 15.6 Å². The molecule has 0 spiro atoms. The zero-order valence-electron chi connectivity index (χ0n) is 9.38. The number of sulfonamides is 1. The second-order valence-electron chi connectivity index (χ2n) is 4.25. The lowest BCUT2D eigenvalue weighted by molar-refractivity contribution is 0.178. The predicted molar refractivity (Wildman–Crippen MR) is 60.6 cm³/mol. The minimum Gasteiger partial charge on any atom is -0.379 e. The van der Waals surface area contributed by atoms with E-state index in [0.29, 0.717) is 19.6 Å². The van der Waals surface area contributed by atoms with Gasteiger partial charge in [0.1, 0.15) is 4.90 Å². The van der Waals surface area contributed by atoms with Crippen LogP contribution in [0.1, 0.15) is 13.3 Å². The summed E-state index contributed by atoms with van der Waals surface area (Å²) in [6, 6.07) is 0. The third-order valence-electron chi connectivity index (χ3n) is 2.56. The first-order valence-electron chi connectivity index (χ1n) is 5.11. The van der Waals surface area contributed by atoms with Crippen molar-refractivity contribution in [2.45, 2.75) is 23.8 Å². The van der Waals surface area contributed by atoms with Crippen molar-refractivity contribution in [2.24, 2.45) is 0 Å². The van der Waals surface area contributed by atoms with Crippen molar-refractivity contribution < 1.29 is 13.2 Å². The second-order valence-corrected chi connectivity index (χ2v) is 5.93. The van der Waals surface area contributed by atoms with Crippen LogP contribution in [0.15, 0.2) is 17.3 Å². The van der Waals surface area contributed by atoms with Crippen molar-refractivity contribution in [1.29, 1.82) is 0 Å². The van der Waals surface area contributed by atoms with E-state index in [1.165, 1.54) is 12.4 Å². The maximum Gasteiger partial charge on any atom is 0.244 e. The molecule has 1 aromatic rings. The van der Waals surface area contributed by atoms with Crippen molar-refractivity contribution in [3.05, 3.63) is 12.4 Å². The highest BCUT2D eigenvalue weighted by atomic mass is 32.2. The van der Waals surface area contributed by atoms with Gasteiger partial charge in [-0.15, -0.1) is 0 Å². The average molecular weight is 258 g/mol. The Morgan fingerprint density at radius 2 is 2.12 bits per heavy atom. The number of ether oxygens (including phenoxy) is 1. The fourth-order valence-electron chi connectivity index (χ4n) is 1.60. The highest BCUT2D eigenvalue weighted by molar-refractivity contribution is 7.89. The lowest BCUT2D eigenvalue weighted by Crippen LogP contribution is -2.46. The van der Waals surface area contributed by atoms with Crippen LogP contribution in [-0.4, -0.2) is 37.1 Å². The normalized spacial score (nSPS) is 25.0. The van der Waals surface area contributed by atoms with E-state index in [0.717, 1.165) is 0 Å². The summed E-state index contributed by atoms with van der Waals surface area (Å²) in [5.41, 5.74) is 4.73. The van der Waals surface area contributed by atoms with Crippen LogP contribution in [0.5, 0.6) is 0 Å². The van der Waals surface area contributed by atoms with Crippen LogP contribution < -0.4 is 10.5 Å². The molecule has 1 aliphatic rings. The van der Waals surface area contributed by atoms with Crippen LogP contribution >= 0.6 is 0 Å². The summed E-state index contributed by atoms with van der Waals surface area (Å²) in [6.45, 7) is 2.72. The van der Waals surface area contributed by atoms with Crippen LogP contribution in [-0.2, 0) is 14.8 Å². The lowest BCUT2D eigenvalue weighted by Gasteiger charge is -2.22. The van der Waals surface area contributed by atoms with Gasteiger partial charge in [-0.1, -0.05) is 0 Å². The summed E-state index contributed by atoms with van der Waals surface area (Å²) >= 11 is 0. The molecule has 8 heteroatoms. The maximum absolute atomic E-state index is 12.0. The van der Waals surface area contributed by atoms with Gasteiger partial charge < -0.3 is 10.5 Å². The third kappa shape index (κ3) is 2.71. The van der Waals surface area contributed by atoms with Crippen molar-refractivity contribution in [3.8, 4) is 0 Å². The number of nitrogens with zero attached hydrogens (tertiary/aromatic N) is 2. The topological polar surface area (TPSA) is 107 Å². The number of aromatic nitrogens is 2. The Morgan fingerprint density at radius 3 is 2.65 bits per heavy atom. The number of anilines is 1. The molecule has 1 aliphatic heterocycles. The molecule has 17 heavy (non-hydrogen) atoms. The monoisotopic (exact) mass is 258 g/mol. The van der Waals surface area contributed by atoms with E-state index in [4.69, 9.17) is 10.5 Å². The number of hydrogen-bond donors (Lipinski definition) is 2. The Bertz CT molecular complexity index is 493. The molecule has 0 radical (unpaired) electrons. The summed E-state index contributed by atoms with van der Waals surface area (Å²) in [5, 5.41) is 0. The number of nitrogens with one attached hydrogen (secondary N) is 1. The fourth-order valence-corrected chi connectivity index (χ4v) is 2.91. The molecule has 1 fully saturated rings. The van der Waals surface area contributed by atoms with Gasteiger partial charge in [0.2, 0.25) is 16.0 Å². The molecular formula is C9H14N4O3S. The molecule has 7 nitrogen and oxygen atoms in total. The Morgan fingerprint density at radius 1 is 1.47 bits per heavy atom. The molecule has 2 rings (SSSR count). The van der Waals surface area contributed by atoms with Crippen molar-refractivity contribution >= 4 is 16.0 Å². The van der Waals surface area contributed by atoms with E-state index in [1.807, 2.05) is 0 Å². The lowest BCUT2D eigenvalue weighted by atomic mass is 10.0. The Hall–Kier alpha value is -1.25. The van der Waals surface area contributed by atoms with Crippen LogP contribution in [0.4, 0.5) is 5.95 Å². The van der Waals surface area contributed by atoms with Gasteiger partial charge in [-0.05, 0) is 13.3 Å². The first kappa shape index (κ1) is 12.2. The molecule has 94 valence electrons. The molecule has 0 saturated carbocycles. The number of rotatable bonds is 3. The SMILES string of the molecule is CC1(NS(=O)(=O)c2cnc(N)nc2)CCOC1. The van der Waals surface area contributed by atoms with Gasteiger partial charge >= 0.3 is 0 Å². The maximum atomic E-state index is 12.0. The van der Waals surface area contributed by atoms with Crippen LogP contribution in [0.2, 0.25) is 0 Å². The summed E-state index contributed by atoms with van der Waals surface area (Å²) in [4.78, 5) is 7.32. The van der Waals surface area contributed by atoms with Crippen LogP contribution in [0, 0.1) is 0 Å². The zero-order valence-corrected chi connectivity index (χ0v) is 10.2. The molecule has 0 aliphatic carbocycles. The second kappa shape index (κ2) is 4.21. The third-order valence-corrected chi connectivity index (χ3v) is 4.15. The molecule has 2 heterocycles. The van der Waals surface area contributed by atoms with Crippen molar-refractivity contribution in [1.82, 2.24) is 14.7 Å². The Kier molecular flexibility index (Phi) is 3.02. The first-order chi connectivity index (χ1) is 7.91. The number of nitrogens with two attached hydrogens (primary N) is 1. The molecule has 1 unspecified atom stereocenters. The van der Waals surface area contributed by atoms with Crippen LogP contribution in [0.25, 0.3) is 0 Å². The highest BCUT2D eigenvalue weighted by Crippen LogP contribution is 2.20. The number of nitrogen functional groups attached to an aromatic ring is 1. The first-order valence-corrected chi connectivity index (χ1v) is 6.59. The quantitative estimate of drug-likeness (QED) is 0.758. The summed E-state index contributed by atoms with van der Waals surface area (Å²) in [5.74, 6) is 0.0411. The molecule has 0 aromatic carbocycles. The number of hydrogen-bond acceptors (Lipinski definition) is 6. The smallest absolute Gasteiger partial charge is 0.244 e. The van der Waals surface area contributed by atoms with Gasteiger partial charge in [-0.2, -0.15) is 0 Å². The van der Waals surface area contributed by atoms with E-state index >= 15 is 0 Å². The van der Waals surface area contributed by atoms with Gasteiger partial charge in [0.05, 0.1) is 24.5 Å². The van der Waals surface area contributed by atoms with Gasteiger partial charge in [0, 0.05) is 6.61 Å². The average Bonchev–Trinajstić information content (AvgIpc) is 2.64. The van der Waals surface area contributed by atoms with E-state index in [9.17, 15) is 8.42 Å².